The lowest BCUT2D eigenvalue weighted by Gasteiger charge is -2.18. The number of hydrogen-bond acceptors (Lipinski definition) is 6. The molecule has 6 nitrogen and oxygen atoms in total. The Bertz CT molecular complexity index is 1590. The molecular weight excluding hydrogens is 937 g/mol. The van der Waals surface area contributed by atoms with Crippen molar-refractivity contribution in [3.63, 3.8) is 0 Å². The number of allylic oxidation sites excluding steroid dienone is 20. The highest BCUT2D eigenvalue weighted by Crippen LogP contribution is 2.15. The van der Waals surface area contributed by atoms with E-state index in [4.69, 9.17) is 14.2 Å². The third-order valence-electron chi connectivity index (χ3n) is 13.2. The quantitative estimate of drug-likeness (QED) is 0.0261. The molecule has 0 aromatic rings. The van der Waals surface area contributed by atoms with Gasteiger partial charge >= 0.3 is 17.9 Å². The molecule has 0 rings (SSSR count). The second-order valence-corrected chi connectivity index (χ2v) is 20.6. The molecule has 0 spiro atoms. The van der Waals surface area contributed by atoms with Crippen LogP contribution in [-0.4, -0.2) is 37.2 Å². The summed E-state index contributed by atoms with van der Waals surface area (Å²) in [6.45, 7) is 6.44. The third kappa shape index (κ3) is 60.7. The van der Waals surface area contributed by atoms with E-state index in [1.807, 2.05) is 0 Å². The Morgan fingerprint density at radius 2 is 0.526 bits per heavy atom. The van der Waals surface area contributed by atoms with Gasteiger partial charge < -0.3 is 14.2 Å². The van der Waals surface area contributed by atoms with E-state index in [2.05, 4.69) is 142 Å². The van der Waals surface area contributed by atoms with Crippen molar-refractivity contribution < 1.29 is 28.6 Å². The second kappa shape index (κ2) is 63.3. The van der Waals surface area contributed by atoms with Crippen molar-refractivity contribution in [3.05, 3.63) is 122 Å². The van der Waals surface area contributed by atoms with Crippen LogP contribution in [0.5, 0.6) is 0 Å². The minimum absolute atomic E-state index is 0.101. The lowest BCUT2D eigenvalue weighted by atomic mass is 10.1. The van der Waals surface area contributed by atoms with Crippen LogP contribution in [0.3, 0.4) is 0 Å². The lowest BCUT2D eigenvalue weighted by Crippen LogP contribution is -2.30. The lowest BCUT2D eigenvalue weighted by molar-refractivity contribution is -0.167. The molecule has 1 unspecified atom stereocenters. The SMILES string of the molecule is CC/C=C\C/C=C\C/C=C\C/C=C\C/C=C\CCCCCC(=O)OC(COC(=O)CCCCCCC/C=C\C/C=C\CCCC)COC(=O)CCCCCCCCCCCC/C=C\C/C=C\C/C=C\CCCCCCC. The maximum Gasteiger partial charge on any atom is 0.306 e. The topological polar surface area (TPSA) is 78.9 Å². The Morgan fingerprint density at radius 1 is 0.276 bits per heavy atom. The smallest absolute Gasteiger partial charge is 0.306 e. The molecule has 76 heavy (non-hydrogen) atoms. The summed E-state index contributed by atoms with van der Waals surface area (Å²) in [4.78, 5) is 38.3. The fraction of sp³-hybridized carbons (Fsp3) is 0.671. The number of carbonyl (C=O) groups excluding carboxylic acids is 3. The Morgan fingerprint density at radius 3 is 0.855 bits per heavy atom. The molecule has 0 radical (unpaired) electrons. The summed E-state index contributed by atoms with van der Waals surface area (Å²) < 4.78 is 16.9. The van der Waals surface area contributed by atoms with Crippen LogP contribution < -0.4 is 0 Å². The molecule has 0 amide bonds. The van der Waals surface area contributed by atoms with Gasteiger partial charge in [-0.2, -0.15) is 0 Å². The molecule has 1 atom stereocenters. The Kier molecular flexibility index (Phi) is 59.9. The fourth-order valence-electron chi connectivity index (χ4n) is 8.43. The summed E-state index contributed by atoms with van der Waals surface area (Å²) >= 11 is 0. The van der Waals surface area contributed by atoms with Crippen LogP contribution in [0.25, 0.3) is 0 Å². The monoisotopic (exact) mass is 1050 g/mol. The third-order valence-corrected chi connectivity index (χ3v) is 13.2. The first kappa shape index (κ1) is 71.8. The predicted molar refractivity (Wildman–Crippen MR) is 330 cm³/mol. The molecule has 6 heteroatoms. The van der Waals surface area contributed by atoms with Crippen molar-refractivity contribution in [1.29, 1.82) is 0 Å². The molecule has 0 aliphatic heterocycles. The van der Waals surface area contributed by atoms with Gasteiger partial charge in [-0.05, 0) is 128 Å². The van der Waals surface area contributed by atoms with E-state index in [9.17, 15) is 14.4 Å². The van der Waals surface area contributed by atoms with E-state index in [1.165, 1.54) is 109 Å². The van der Waals surface area contributed by atoms with E-state index in [1.54, 1.807) is 0 Å². The van der Waals surface area contributed by atoms with Crippen LogP contribution in [0.1, 0.15) is 284 Å². The van der Waals surface area contributed by atoms with E-state index >= 15 is 0 Å². The molecule has 0 fully saturated rings. The first-order chi connectivity index (χ1) is 37.5. The van der Waals surface area contributed by atoms with Crippen molar-refractivity contribution >= 4 is 17.9 Å². The summed E-state index contributed by atoms with van der Waals surface area (Å²) in [6, 6.07) is 0. The van der Waals surface area contributed by atoms with Crippen LogP contribution in [-0.2, 0) is 28.6 Å². The number of rotatable bonds is 56. The van der Waals surface area contributed by atoms with Crippen LogP contribution in [0.4, 0.5) is 0 Å². The average molecular weight is 1050 g/mol. The van der Waals surface area contributed by atoms with Gasteiger partial charge in [-0.25, -0.2) is 0 Å². The molecular formula is C70H116O6. The molecule has 0 aromatic heterocycles. The van der Waals surface area contributed by atoms with Crippen LogP contribution >= 0.6 is 0 Å². The average Bonchev–Trinajstić information content (AvgIpc) is 3.42. The summed E-state index contributed by atoms with van der Waals surface area (Å²) in [5.41, 5.74) is 0. The van der Waals surface area contributed by atoms with Gasteiger partial charge in [-0.1, -0.05) is 258 Å². The molecule has 432 valence electrons. The highest BCUT2D eigenvalue weighted by Gasteiger charge is 2.19. The highest BCUT2D eigenvalue weighted by atomic mass is 16.6. The first-order valence-electron chi connectivity index (χ1n) is 31.5. The minimum atomic E-state index is -0.808. The van der Waals surface area contributed by atoms with E-state index in [0.717, 1.165) is 135 Å². The summed E-state index contributed by atoms with van der Waals surface area (Å²) in [5, 5.41) is 0. The predicted octanol–water partition coefficient (Wildman–Crippen LogP) is 21.6. The molecule has 0 N–H and O–H groups in total. The maximum atomic E-state index is 12.9. The highest BCUT2D eigenvalue weighted by molar-refractivity contribution is 5.71. The molecule has 0 saturated heterocycles. The van der Waals surface area contributed by atoms with Crippen molar-refractivity contribution in [2.24, 2.45) is 0 Å². The van der Waals surface area contributed by atoms with Gasteiger partial charge in [0.05, 0.1) is 0 Å². The van der Waals surface area contributed by atoms with Gasteiger partial charge in [-0.15, -0.1) is 0 Å². The maximum absolute atomic E-state index is 12.9. The number of carbonyl (C=O) groups is 3. The molecule has 0 bridgehead atoms. The Hall–Kier alpha value is -4.19. The molecule has 0 aliphatic rings. The number of unbranched alkanes of at least 4 members (excludes halogenated alkanes) is 25. The van der Waals surface area contributed by atoms with Gasteiger partial charge in [0.1, 0.15) is 13.2 Å². The number of ether oxygens (including phenoxy) is 3. The van der Waals surface area contributed by atoms with Crippen molar-refractivity contribution in [2.75, 3.05) is 13.2 Å². The summed E-state index contributed by atoms with van der Waals surface area (Å²) in [7, 11) is 0. The van der Waals surface area contributed by atoms with Crippen molar-refractivity contribution in [2.45, 2.75) is 290 Å². The fourth-order valence-corrected chi connectivity index (χ4v) is 8.43. The van der Waals surface area contributed by atoms with Gasteiger partial charge in [0.25, 0.3) is 0 Å². The molecule has 0 heterocycles. The zero-order valence-electron chi connectivity index (χ0n) is 49.5. The van der Waals surface area contributed by atoms with Gasteiger partial charge in [0.15, 0.2) is 6.10 Å². The zero-order chi connectivity index (χ0) is 55.0. The van der Waals surface area contributed by atoms with E-state index < -0.39 is 6.10 Å². The second-order valence-electron chi connectivity index (χ2n) is 20.6. The van der Waals surface area contributed by atoms with E-state index in [0.29, 0.717) is 12.8 Å². The minimum Gasteiger partial charge on any atom is -0.462 e. The largest absolute Gasteiger partial charge is 0.462 e. The standard InChI is InChI=1S/C70H116O6/c1-4-7-10-13-16-19-22-25-28-30-32-33-34-35-36-37-39-40-42-45-48-51-54-57-60-63-69(72)75-66-67(65-74-68(71)62-59-56-53-50-47-44-27-24-21-18-15-12-9-6-3)76-70(73)64-61-58-55-52-49-46-43-41-38-31-29-26-23-20-17-14-11-8-5-2/h8,11,15,17-18,20,22,24-27,29-30,32,34-35,38,41,46,49,67H,4-7,9-10,12-14,16,19,21,23,28,31,33,36-37,39-40,42-45,47-48,50-66H2,1-3H3/b11-8-,18-15-,20-17-,25-22-,27-24-,29-26-,32-30-,35-34-,41-38-,49-46-. The summed E-state index contributed by atoms with van der Waals surface area (Å²) in [5.74, 6) is -0.949. The van der Waals surface area contributed by atoms with Crippen molar-refractivity contribution in [1.82, 2.24) is 0 Å². The molecule has 0 aliphatic carbocycles. The van der Waals surface area contributed by atoms with Gasteiger partial charge in [-0.3, -0.25) is 14.4 Å². The summed E-state index contributed by atoms with van der Waals surface area (Å²) in [6.07, 6.45) is 87.7. The van der Waals surface area contributed by atoms with Crippen LogP contribution in [0.2, 0.25) is 0 Å². The molecule has 0 aromatic carbocycles. The van der Waals surface area contributed by atoms with Crippen LogP contribution in [0, 0.1) is 0 Å². The zero-order valence-corrected chi connectivity index (χ0v) is 49.5. The molecule has 0 saturated carbocycles. The normalized spacial score (nSPS) is 12.9. The van der Waals surface area contributed by atoms with Gasteiger partial charge in [0, 0.05) is 19.3 Å². The van der Waals surface area contributed by atoms with E-state index in [-0.39, 0.29) is 37.5 Å². The van der Waals surface area contributed by atoms with Gasteiger partial charge in [0.2, 0.25) is 0 Å². The Labute approximate surface area is 469 Å². The number of esters is 3. The Balaban J connectivity index is 4.42. The number of hydrogen-bond donors (Lipinski definition) is 0. The van der Waals surface area contributed by atoms with Crippen molar-refractivity contribution in [3.8, 4) is 0 Å². The van der Waals surface area contributed by atoms with Crippen LogP contribution in [0.15, 0.2) is 122 Å². The first-order valence-corrected chi connectivity index (χ1v) is 31.5.